The average molecular weight is 233 g/mol. The van der Waals surface area contributed by atoms with Crippen molar-refractivity contribution in [1.82, 2.24) is 0 Å². The highest BCUT2D eigenvalue weighted by Gasteiger charge is 2.43. The van der Waals surface area contributed by atoms with Gasteiger partial charge >= 0.3 is 0 Å². The first kappa shape index (κ1) is 12.4. The van der Waals surface area contributed by atoms with Crippen molar-refractivity contribution in [2.75, 3.05) is 7.11 Å². The molecule has 1 aromatic carbocycles. The SMILES string of the molecule is COc1cc(C2(N)CC(C(C)C)C2)ccc1C. The third kappa shape index (κ3) is 2.19. The number of aryl methyl sites for hydroxylation is 1. The molecule has 0 unspecified atom stereocenters. The molecule has 0 aliphatic heterocycles. The standard InChI is InChI=1S/C15H23NO/c1-10(2)12-8-15(16,9-12)13-6-5-11(3)14(7-13)17-4/h5-7,10,12H,8-9,16H2,1-4H3. The third-order valence-electron chi connectivity index (χ3n) is 4.18. The summed E-state index contributed by atoms with van der Waals surface area (Å²) in [5.74, 6) is 2.45. The number of ether oxygens (including phenoxy) is 1. The van der Waals surface area contributed by atoms with Gasteiger partial charge in [0.25, 0.3) is 0 Å². The second kappa shape index (κ2) is 4.34. The summed E-state index contributed by atoms with van der Waals surface area (Å²) in [7, 11) is 1.72. The quantitative estimate of drug-likeness (QED) is 0.870. The van der Waals surface area contributed by atoms with Crippen molar-refractivity contribution in [3.8, 4) is 5.75 Å². The van der Waals surface area contributed by atoms with Crippen LogP contribution >= 0.6 is 0 Å². The minimum absolute atomic E-state index is 0.129. The van der Waals surface area contributed by atoms with Gasteiger partial charge in [0.05, 0.1) is 7.11 Å². The molecule has 0 bridgehead atoms. The first-order valence-corrected chi connectivity index (χ1v) is 6.40. The molecule has 1 aliphatic carbocycles. The Labute approximate surface area is 104 Å². The van der Waals surface area contributed by atoms with Crippen LogP contribution in [-0.4, -0.2) is 7.11 Å². The molecule has 0 atom stereocenters. The van der Waals surface area contributed by atoms with Crippen molar-refractivity contribution < 1.29 is 4.74 Å². The van der Waals surface area contributed by atoms with Crippen LogP contribution in [0.5, 0.6) is 5.75 Å². The van der Waals surface area contributed by atoms with Gasteiger partial charge < -0.3 is 10.5 Å². The first-order valence-electron chi connectivity index (χ1n) is 6.40. The van der Waals surface area contributed by atoms with Crippen LogP contribution in [0.3, 0.4) is 0 Å². The monoisotopic (exact) mass is 233 g/mol. The van der Waals surface area contributed by atoms with Crippen LogP contribution in [0.1, 0.15) is 37.8 Å². The maximum absolute atomic E-state index is 6.47. The molecule has 2 N–H and O–H groups in total. The van der Waals surface area contributed by atoms with E-state index in [1.165, 1.54) is 11.1 Å². The van der Waals surface area contributed by atoms with Gasteiger partial charge in [-0.25, -0.2) is 0 Å². The van der Waals surface area contributed by atoms with E-state index in [0.717, 1.165) is 30.4 Å². The molecule has 0 spiro atoms. The van der Waals surface area contributed by atoms with Crippen LogP contribution < -0.4 is 10.5 Å². The summed E-state index contributed by atoms with van der Waals surface area (Å²) in [5.41, 5.74) is 8.73. The number of hydrogen-bond donors (Lipinski definition) is 1. The Morgan fingerprint density at radius 3 is 2.53 bits per heavy atom. The predicted octanol–water partition coefficient (Wildman–Crippen LogP) is 3.22. The van der Waals surface area contributed by atoms with Gasteiger partial charge in [-0.2, -0.15) is 0 Å². The first-order chi connectivity index (χ1) is 7.96. The van der Waals surface area contributed by atoms with Crippen molar-refractivity contribution in [3.63, 3.8) is 0 Å². The molecule has 1 aromatic rings. The third-order valence-corrected chi connectivity index (χ3v) is 4.18. The highest BCUT2D eigenvalue weighted by Crippen LogP contribution is 2.47. The molecule has 2 rings (SSSR count). The van der Waals surface area contributed by atoms with Crippen LogP contribution in [-0.2, 0) is 5.54 Å². The van der Waals surface area contributed by atoms with Crippen LogP contribution in [0.15, 0.2) is 18.2 Å². The Balaban J connectivity index is 2.19. The van der Waals surface area contributed by atoms with E-state index in [9.17, 15) is 0 Å². The minimum atomic E-state index is -0.129. The second-order valence-electron chi connectivity index (χ2n) is 5.75. The fourth-order valence-corrected chi connectivity index (χ4v) is 2.71. The topological polar surface area (TPSA) is 35.2 Å². The summed E-state index contributed by atoms with van der Waals surface area (Å²) in [5, 5.41) is 0. The maximum atomic E-state index is 6.47. The molecule has 0 aromatic heterocycles. The molecule has 1 saturated carbocycles. The molecule has 94 valence electrons. The fraction of sp³-hybridized carbons (Fsp3) is 0.600. The molecule has 0 amide bonds. The van der Waals surface area contributed by atoms with Gasteiger partial charge in [0.15, 0.2) is 0 Å². The number of benzene rings is 1. The van der Waals surface area contributed by atoms with Gasteiger partial charge in [0.1, 0.15) is 5.75 Å². The van der Waals surface area contributed by atoms with E-state index >= 15 is 0 Å². The van der Waals surface area contributed by atoms with Gasteiger partial charge in [-0.15, -0.1) is 0 Å². The van der Waals surface area contributed by atoms with E-state index in [-0.39, 0.29) is 5.54 Å². The van der Waals surface area contributed by atoms with Crippen LogP contribution in [0.4, 0.5) is 0 Å². The Morgan fingerprint density at radius 2 is 2.00 bits per heavy atom. The van der Waals surface area contributed by atoms with Gasteiger partial charge in [-0.1, -0.05) is 26.0 Å². The number of nitrogens with two attached hydrogens (primary N) is 1. The van der Waals surface area contributed by atoms with E-state index < -0.39 is 0 Å². The molecule has 1 aliphatic rings. The molecular weight excluding hydrogens is 210 g/mol. The lowest BCUT2D eigenvalue weighted by atomic mass is 9.62. The second-order valence-corrected chi connectivity index (χ2v) is 5.75. The number of methoxy groups -OCH3 is 1. The summed E-state index contributed by atoms with van der Waals surface area (Å²) in [4.78, 5) is 0. The molecular formula is C15H23NO. The molecule has 1 fully saturated rings. The van der Waals surface area contributed by atoms with Gasteiger partial charge in [0.2, 0.25) is 0 Å². The predicted molar refractivity (Wildman–Crippen MR) is 71.2 cm³/mol. The van der Waals surface area contributed by atoms with E-state index in [0.29, 0.717) is 0 Å². The summed E-state index contributed by atoms with van der Waals surface area (Å²) in [6, 6.07) is 6.35. The molecule has 0 heterocycles. The highest BCUT2D eigenvalue weighted by atomic mass is 16.5. The van der Waals surface area contributed by atoms with E-state index in [1.807, 2.05) is 0 Å². The Kier molecular flexibility index (Phi) is 3.17. The molecule has 17 heavy (non-hydrogen) atoms. The van der Waals surface area contributed by atoms with E-state index in [4.69, 9.17) is 10.5 Å². The maximum Gasteiger partial charge on any atom is 0.122 e. The highest BCUT2D eigenvalue weighted by molar-refractivity contribution is 5.40. The number of rotatable bonds is 3. The Hall–Kier alpha value is -1.02. The van der Waals surface area contributed by atoms with Crippen molar-refractivity contribution in [2.45, 2.75) is 39.2 Å². The van der Waals surface area contributed by atoms with E-state index in [2.05, 4.69) is 39.0 Å². The summed E-state index contributed by atoms with van der Waals surface area (Å²) >= 11 is 0. The average Bonchev–Trinajstić information content (AvgIpc) is 2.25. The van der Waals surface area contributed by atoms with Gasteiger partial charge in [-0.3, -0.25) is 0 Å². The lowest BCUT2D eigenvalue weighted by molar-refractivity contribution is 0.104. The zero-order chi connectivity index (χ0) is 12.6. The summed E-state index contributed by atoms with van der Waals surface area (Å²) < 4.78 is 5.37. The van der Waals surface area contributed by atoms with Crippen molar-refractivity contribution >= 4 is 0 Å². The molecule has 0 saturated heterocycles. The van der Waals surface area contributed by atoms with Crippen molar-refractivity contribution in [2.24, 2.45) is 17.6 Å². The lowest BCUT2D eigenvalue weighted by Crippen LogP contribution is -2.50. The van der Waals surface area contributed by atoms with E-state index in [1.54, 1.807) is 7.11 Å². The molecule has 0 radical (unpaired) electrons. The Bertz CT molecular complexity index is 405. The molecule has 2 heteroatoms. The Morgan fingerprint density at radius 1 is 1.35 bits per heavy atom. The summed E-state index contributed by atoms with van der Waals surface area (Å²) in [6.45, 7) is 6.61. The van der Waals surface area contributed by atoms with Crippen molar-refractivity contribution in [1.29, 1.82) is 0 Å². The zero-order valence-corrected chi connectivity index (χ0v) is 11.3. The lowest BCUT2D eigenvalue weighted by Gasteiger charge is -2.47. The van der Waals surface area contributed by atoms with Crippen LogP contribution in [0, 0.1) is 18.8 Å². The van der Waals surface area contributed by atoms with Crippen molar-refractivity contribution in [3.05, 3.63) is 29.3 Å². The largest absolute Gasteiger partial charge is 0.496 e. The van der Waals surface area contributed by atoms with Crippen LogP contribution in [0.25, 0.3) is 0 Å². The van der Waals surface area contributed by atoms with Gasteiger partial charge in [0, 0.05) is 5.54 Å². The minimum Gasteiger partial charge on any atom is -0.496 e. The fourth-order valence-electron chi connectivity index (χ4n) is 2.71. The summed E-state index contributed by atoms with van der Waals surface area (Å²) in [6.07, 6.45) is 2.19. The van der Waals surface area contributed by atoms with Crippen LogP contribution in [0.2, 0.25) is 0 Å². The van der Waals surface area contributed by atoms with Gasteiger partial charge in [-0.05, 0) is 48.8 Å². The zero-order valence-electron chi connectivity index (χ0n) is 11.3. The smallest absolute Gasteiger partial charge is 0.122 e. The normalized spacial score (nSPS) is 28.0. The molecule has 2 nitrogen and oxygen atoms in total. The number of hydrogen-bond acceptors (Lipinski definition) is 2.